The fourth-order valence-corrected chi connectivity index (χ4v) is 2.65. The average Bonchev–Trinajstić information content (AvgIpc) is 2.71. The highest BCUT2D eigenvalue weighted by Gasteiger charge is 2.37. The highest BCUT2D eigenvalue weighted by atomic mass is 16.4. The largest absolute Gasteiger partial charge is 0.481 e. The van der Waals surface area contributed by atoms with Crippen LogP contribution in [0.4, 0.5) is 0 Å². The van der Waals surface area contributed by atoms with Crippen LogP contribution in [0.5, 0.6) is 0 Å². The Hall–Kier alpha value is -1.42. The van der Waals surface area contributed by atoms with Crippen LogP contribution in [0.3, 0.4) is 0 Å². The Morgan fingerprint density at radius 3 is 2.94 bits per heavy atom. The summed E-state index contributed by atoms with van der Waals surface area (Å²) in [5, 5.41) is 9.11. The summed E-state index contributed by atoms with van der Waals surface area (Å²) >= 11 is 0. The Labute approximate surface area is 101 Å². The van der Waals surface area contributed by atoms with Gasteiger partial charge >= 0.3 is 5.97 Å². The molecule has 1 aromatic heterocycles. The summed E-state index contributed by atoms with van der Waals surface area (Å²) in [5.41, 5.74) is 1.14. The second-order valence-corrected chi connectivity index (χ2v) is 4.67. The first-order valence-electron chi connectivity index (χ1n) is 5.99. The number of pyridine rings is 1. The minimum atomic E-state index is -0.682. The molecule has 1 aliphatic heterocycles. The van der Waals surface area contributed by atoms with Crippen LogP contribution < -0.4 is 0 Å². The smallest absolute Gasteiger partial charge is 0.308 e. The molecule has 0 bridgehead atoms. The molecule has 1 N–H and O–H groups in total. The van der Waals surface area contributed by atoms with Crippen molar-refractivity contribution in [2.45, 2.75) is 32.4 Å². The number of likely N-dealkylation sites (tertiary alicyclic amines) is 1. The monoisotopic (exact) mass is 234 g/mol. The highest BCUT2D eigenvalue weighted by Crippen LogP contribution is 2.32. The van der Waals surface area contributed by atoms with Crippen molar-refractivity contribution in [2.24, 2.45) is 5.92 Å². The van der Waals surface area contributed by atoms with E-state index in [4.69, 9.17) is 5.11 Å². The van der Waals surface area contributed by atoms with Crippen molar-refractivity contribution in [3.63, 3.8) is 0 Å². The third kappa shape index (κ3) is 2.31. The first-order valence-corrected chi connectivity index (χ1v) is 5.99. The summed E-state index contributed by atoms with van der Waals surface area (Å²) in [5.74, 6) is -0.924. The van der Waals surface area contributed by atoms with Gasteiger partial charge < -0.3 is 5.11 Å². The molecule has 17 heavy (non-hydrogen) atoms. The SMILES string of the molecule is CC(c1cccnc1)N1CCC(C(=O)O)C1C. The molecular weight excluding hydrogens is 216 g/mol. The van der Waals surface area contributed by atoms with Crippen LogP contribution in [0.1, 0.15) is 31.9 Å². The number of aliphatic carboxylic acids is 1. The van der Waals surface area contributed by atoms with E-state index in [0.29, 0.717) is 0 Å². The van der Waals surface area contributed by atoms with Crippen molar-refractivity contribution in [1.29, 1.82) is 0 Å². The van der Waals surface area contributed by atoms with Crippen LogP contribution in [0.2, 0.25) is 0 Å². The van der Waals surface area contributed by atoms with E-state index in [1.54, 1.807) is 6.20 Å². The van der Waals surface area contributed by atoms with Crippen LogP contribution in [0, 0.1) is 5.92 Å². The normalized spacial score (nSPS) is 26.9. The van der Waals surface area contributed by atoms with Crippen LogP contribution in [0.25, 0.3) is 0 Å². The maximum atomic E-state index is 11.1. The number of hydrogen-bond acceptors (Lipinski definition) is 3. The zero-order chi connectivity index (χ0) is 12.4. The molecule has 1 aromatic rings. The van der Waals surface area contributed by atoms with Crippen molar-refractivity contribution in [3.05, 3.63) is 30.1 Å². The minimum Gasteiger partial charge on any atom is -0.481 e. The lowest BCUT2D eigenvalue weighted by Crippen LogP contribution is -2.34. The lowest BCUT2D eigenvalue weighted by atomic mass is 10.0. The Morgan fingerprint density at radius 1 is 1.65 bits per heavy atom. The summed E-state index contributed by atoms with van der Waals surface area (Å²) in [6, 6.07) is 4.27. The highest BCUT2D eigenvalue weighted by molar-refractivity contribution is 5.71. The van der Waals surface area contributed by atoms with Gasteiger partial charge in [-0.1, -0.05) is 6.07 Å². The fourth-order valence-electron chi connectivity index (χ4n) is 2.65. The van der Waals surface area contributed by atoms with Gasteiger partial charge in [-0.3, -0.25) is 14.7 Å². The van der Waals surface area contributed by atoms with Gasteiger partial charge in [-0.05, 0) is 38.4 Å². The third-order valence-corrected chi connectivity index (χ3v) is 3.79. The van der Waals surface area contributed by atoms with E-state index in [9.17, 15) is 4.79 Å². The topological polar surface area (TPSA) is 53.4 Å². The molecule has 2 rings (SSSR count). The van der Waals surface area contributed by atoms with Gasteiger partial charge in [0.1, 0.15) is 0 Å². The molecule has 0 spiro atoms. The van der Waals surface area contributed by atoms with Crippen LogP contribution >= 0.6 is 0 Å². The Morgan fingerprint density at radius 2 is 2.41 bits per heavy atom. The molecule has 3 unspecified atom stereocenters. The number of aromatic nitrogens is 1. The van der Waals surface area contributed by atoms with Crippen molar-refractivity contribution >= 4 is 5.97 Å². The average molecular weight is 234 g/mol. The predicted octanol–water partition coefficient (Wildman–Crippen LogP) is 1.94. The molecule has 4 nitrogen and oxygen atoms in total. The van der Waals surface area contributed by atoms with Gasteiger partial charge in [0.05, 0.1) is 5.92 Å². The van der Waals surface area contributed by atoms with Gasteiger partial charge in [0, 0.05) is 24.5 Å². The molecule has 3 atom stereocenters. The summed E-state index contributed by atoms with van der Waals surface area (Å²) in [6.07, 6.45) is 4.34. The molecule has 0 aliphatic carbocycles. The second kappa shape index (κ2) is 4.84. The van der Waals surface area contributed by atoms with Gasteiger partial charge in [0.15, 0.2) is 0 Å². The van der Waals surface area contributed by atoms with Gasteiger partial charge in [0.2, 0.25) is 0 Å². The van der Waals surface area contributed by atoms with E-state index < -0.39 is 5.97 Å². The van der Waals surface area contributed by atoms with Crippen LogP contribution in [-0.4, -0.2) is 33.5 Å². The standard InChI is InChI=1S/C13H18N2O2/c1-9(11-4-3-6-14-8-11)15-7-5-12(10(15)2)13(16)17/h3-4,6,8-10,12H,5,7H2,1-2H3,(H,16,17). The Kier molecular flexibility index (Phi) is 3.43. The fraction of sp³-hybridized carbons (Fsp3) is 0.538. The zero-order valence-electron chi connectivity index (χ0n) is 10.2. The maximum absolute atomic E-state index is 11.1. The number of nitrogens with zero attached hydrogens (tertiary/aromatic N) is 2. The molecule has 1 aliphatic rings. The van der Waals surface area contributed by atoms with Gasteiger partial charge in [-0.15, -0.1) is 0 Å². The van der Waals surface area contributed by atoms with E-state index in [-0.39, 0.29) is 18.0 Å². The second-order valence-electron chi connectivity index (χ2n) is 4.67. The molecule has 0 saturated carbocycles. The van der Waals surface area contributed by atoms with E-state index >= 15 is 0 Å². The molecule has 1 fully saturated rings. The Balaban J connectivity index is 2.12. The van der Waals surface area contributed by atoms with Gasteiger partial charge in [0.25, 0.3) is 0 Å². The Bertz CT molecular complexity index is 394. The zero-order valence-corrected chi connectivity index (χ0v) is 10.2. The lowest BCUT2D eigenvalue weighted by Gasteiger charge is -2.29. The molecule has 92 valence electrons. The third-order valence-electron chi connectivity index (χ3n) is 3.79. The van der Waals surface area contributed by atoms with E-state index in [1.807, 2.05) is 25.3 Å². The number of hydrogen-bond donors (Lipinski definition) is 1. The summed E-state index contributed by atoms with van der Waals surface area (Å²) < 4.78 is 0. The summed E-state index contributed by atoms with van der Waals surface area (Å²) in [7, 11) is 0. The first-order chi connectivity index (χ1) is 8.11. The molecular formula is C13H18N2O2. The van der Waals surface area contributed by atoms with Gasteiger partial charge in [-0.2, -0.15) is 0 Å². The molecule has 1 saturated heterocycles. The quantitative estimate of drug-likeness (QED) is 0.868. The maximum Gasteiger partial charge on any atom is 0.308 e. The van der Waals surface area contributed by atoms with E-state index in [2.05, 4.69) is 16.8 Å². The minimum absolute atomic E-state index is 0.0858. The molecule has 0 amide bonds. The van der Waals surface area contributed by atoms with Crippen molar-refractivity contribution in [2.75, 3.05) is 6.54 Å². The summed E-state index contributed by atoms with van der Waals surface area (Å²) in [4.78, 5) is 17.4. The molecule has 2 heterocycles. The van der Waals surface area contributed by atoms with Crippen LogP contribution in [-0.2, 0) is 4.79 Å². The van der Waals surface area contributed by atoms with E-state index in [1.165, 1.54) is 0 Å². The number of carbonyl (C=O) groups is 1. The number of carboxylic acid groups (broad SMARTS) is 1. The van der Waals surface area contributed by atoms with Gasteiger partial charge in [-0.25, -0.2) is 0 Å². The summed E-state index contributed by atoms with van der Waals surface area (Å²) in [6.45, 7) is 4.95. The first kappa shape index (κ1) is 12.0. The van der Waals surface area contributed by atoms with Crippen molar-refractivity contribution in [1.82, 2.24) is 9.88 Å². The number of rotatable bonds is 3. The molecule has 0 radical (unpaired) electrons. The van der Waals surface area contributed by atoms with Crippen molar-refractivity contribution < 1.29 is 9.90 Å². The van der Waals surface area contributed by atoms with Crippen LogP contribution in [0.15, 0.2) is 24.5 Å². The van der Waals surface area contributed by atoms with Crippen molar-refractivity contribution in [3.8, 4) is 0 Å². The molecule has 0 aromatic carbocycles. The van der Waals surface area contributed by atoms with E-state index in [0.717, 1.165) is 18.5 Å². The molecule has 4 heteroatoms. The lowest BCUT2D eigenvalue weighted by molar-refractivity contribution is -0.142. The number of carboxylic acids is 1. The predicted molar refractivity (Wildman–Crippen MR) is 64.6 cm³/mol.